The van der Waals surface area contributed by atoms with E-state index in [1.54, 1.807) is 6.20 Å². The van der Waals surface area contributed by atoms with Gasteiger partial charge in [-0.2, -0.15) is 5.26 Å². The van der Waals surface area contributed by atoms with Gasteiger partial charge in [-0.05, 0) is 26.0 Å². The van der Waals surface area contributed by atoms with Crippen molar-refractivity contribution in [1.29, 1.82) is 5.26 Å². The Hall–Kier alpha value is -1.40. The molecule has 1 fully saturated rings. The zero-order valence-electron chi connectivity index (χ0n) is 8.98. The molecule has 3 heteroatoms. The summed E-state index contributed by atoms with van der Waals surface area (Å²) in [5.41, 5.74) is 1.60. The molecule has 0 aromatic carbocycles. The molecule has 0 bridgehead atoms. The van der Waals surface area contributed by atoms with Crippen molar-refractivity contribution in [2.24, 2.45) is 0 Å². The van der Waals surface area contributed by atoms with Crippen molar-refractivity contribution in [2.45, 2.75) is 31.8 Å². The van der Waals surface area contributed by atoms with Crippen LogP contribution in [0.2, 0.25) is 0 Å². The number of aromatic nitrogens is 1. The third-order valence-corrected chi connectivity index (χ3v) is 3.11. The first-order valence-electron chi connectivity index (χ1n) is 5.35. The van der Waals surface area contributed by atoms with Crippen LogP contribution in [0.3, 0.4) is 0 Å². The van der Waals surface area contributed by atoms with Crippen LogP contribution in [0.1, 0.15) is 30.5 Å². The molecule has 2 rings (SSSR count). The standard InChI is InChI=1S/C12H15N3/c1-15(11-5-2-6-11)9-10-4-3-7-14-12(10)8-13/h3-4,7,11H,2,5-6,9H2,1H3. The van der Waals surface area contributed by atoms with Crippen LogP contribution in [0.25, 0.3) is 0 Å². The SMILES string of the molecule is CN(Cc1cccnc1C#N)C1CCC1. The van der Waals surface area contributed by atoms with Crippen molar-refractivity contribution in [2.75, 3.05) is 7.05 Å². The van der Waals surface area contributed by atoms with E-state index in [9.17, 15) is 0 Å². The van der Waals surface area contributed by atoms with Gasteiger partial charge in [0, 0.05) is 24.3 Å². The Bertz CT molecular complexity index is 377. The number of nitriles is 1. The lowest BCUT2D eigenvalue weighted by molar-refractivity contribution is 0.152. The topological polar surface area (TPSA) is 39.9 Å². The second kappa shape index (κ2) is 4.41. The minimum atomic E-state index is 0.559. The van der Waals surface area contributed by atoms with Gasteiger partial charge in [-0.3, -0.25) is 4.90 Å². The Kier molecular flexibility index (Phi) is 2.98. The molecule has 1 heterocycles. The predicted octanol–water partition coefficient (Wildman–Crippen LogP) is 1.94. The Morgan fingerprint density at radius 2 is 2.40 bits per heavy atom. The van der Waals surface area contributed by atoms with Crippen LogP contribution in [-0.2, 0) is 6.54 Å². The third kappa shape index (κ3) is 2.16. The molecule has 1 aromatic heterocycles. The number of rotatable bonds is 3. The van der Waals surface area contributed by atoms with Gasteiger partial charge in [-0.15, -0.1) is 0 Å². The fraction of sp³-hybridized carbons (Fsp3) is 0.500. The second-order valence-corrected chi connectivity index (χ2v) is 4.12. The largest absolute Gasteiger partial charge is 0.299 e. The summed E-state index contributed by atoms with van der Waals surface area (Å²) in [5.74, 6) is 0. The van der Waals surface area contributed by atoms with Gasteiger partial charge < -0.3 is 0 Å². The molecule has 3 nitrogen and oxygen atoms in total. The van der Waals surface area contributed by atoms with Gasteiger partial charge >= 0.3 is 0 Å². The molecular formula is C12H15N3. The quantitative estimate of drug-likeness (QED) is 0.750. The van der Waals surface area contributed by atoms with Gasteiger partial charge in [0.05, 0.1) is 0 Å². The molecule has 0 aliphatic heterocycles. The van der Waals surface area contributed by atoms with Crippen LogP contribution in [0.15, 0.2) is 18.3 Å². The van der Waals surface area contributed by atoms with Crippen molar-refractivity contribution in [3.05, 3.63) is 29.6 Å². The number of nitrogens with zero attached hydrogens (tertiary/aromatic N) is 3. The van der Waals surface area contributed by atoms with Crippen LogP contribution in [0.4, 0.5) is 0 Å². The summed E-state index contributed by atoms with van der Waals surface area (Å²) in [5, 5.41) is 8.91. The van der Waals surface area contributed by atoms with Crippen molar-refractivity contribution >= 4 is 0 Å². The molecule has 0 radical (unpaired) electrons. The Morgan fingerprint density at radius 3 is 3.00 bits per heavy atom. The second-order valence-electron chi connectivity index (χ2n) is 4.12. The van der Waals surface area contributed by atoms with Crippen molar-refractivity contribution in [3.8, 4) is 6.07 Å². The highest BCUT2D eigenvalue weighted by Gasteiger charge is 2.22. The summed E-state index contributed by atoms with van der Waals surface area (Å²) in [4.78, 5) is 6.39. The van der Waals surface area contributed by atoms with Gasteiger partial charge in [0.2, 0.25) is 0 Å². The van der Waals surface area contributed by atoms with Gasteiger partial charge in [0.25, 0.3) is 0 Å². The first kappa shape index (κ1) is 10.1. The lowest BCUT2D eigenvalue weighted by Gasteiger charge is -2.34. The fourth-order valence-electron chi connectivity index (χ4n) is 1.89. The van der Waals surface area contributed by atoms with E-state index in [0.29, 0.717) is 11.7 Å². The number of hydrogen-bond acceptors (Lipinski definition) is 3. The van der Waals surface area contributed by atoms with Crippen LogP contribution in [-0.4, -0.2) is 23.0 Å². The molecular weight excluding hydrogens is 186 g/mol. The smallest absolute Gasteiger partial charge is 0.144 e. The molecule has 0 spiro atoms. The van der Waals surface area contributed by atoms with E-state index in [4.69, 9.17) is 5.26 Å². The summed E-state index contributed by atoms with van der Waals surface area (Å²) in [6, 6.07) is 6.72. The first-order valence-corrected chi connectivity index (χ1v) is 5.35. The molecule has 15 heavy (non-hydrogen) atoms. The minimum absolute atomic E-state index is 0.559. The van der Waals surface area contributed by atoms with Crippen molar-refractivity contribution in [1.82, 2.24) is 9.88 Å². The molecule has 0 atom stereocenters. The molecule has 1 saturated carbocycles. The average Bonchev–Trinajstić information content (AvgIpc) is 2.15. The maximum Gasteiger partial charge on any atom is 0.144 e. The van der Waals surface area contributed by atoms with Crippen molar-refractivity contribution < 1.29 is 0 Å². The maximum absolute atomic E-state index is 8.91. The number of hydrogen-bond donors (Lipinski definition) is 0. The molecule has 0 unspecified atom stereocenters. The van der Waals surface area contributed by atoms with E-state index in [2.05, 4.69) is 23.0 Å². The highest BCUT2D eigenvalue weighted by atomic mass is 15.1. The summed E-state index contributed by atoms with van der Waals surface area (Å²) >= 11 is 0. The monoisotopic (exact) mass is 201 g/mol. The Morgan fingerprint density at radius 1 is 1.60 bits per heavy atom. The van der Waals surface area contributed by atoms with E-state index < -0.39 is 0 Å². The summed E-state index contributed by atoms with van der Waals surface area (Å²) in [7, 11) is 2.12. The van der Waals surface area contributed by atoms with Crippen LogP contribution in [0.5, 0.6) is 0 Å². The van der Waals surface area contributed by atoms with Crippen LogP contribution in [0, 0.1) is 11.3 Å². The highest BCUT2D eigenvalue weighted by molar-refractivity contribution is 5.30. The highest BCUT2D eigenvalue weighted by Crippen LogP contribution is 2.25. The van der Waals surface area contributed by atoms with E-state index in [1.165, 1.54) is 19.3 Å². The van der Waals surface area contributed by atoms with E-state index in [0.717, 1.165) is 12.1 Å². The van der Waals surface area contributed by atoms with Gasteiger partial charge in [-0.1, -0.05) is 12.5 Å². The minimum Gasteiger partial charge on any atom is -0.299 e. The van der Waals surface area contributed by atoms with Crippen LogP contribution >= 0.6 is 0 Å². The average molecular weight is 201 g/mol. The number of pyridine rings is 1. The van der Waals surface area contributed by atoms with Crippen LogP contribution < -0.4 is 0 Å². The summed E-state index contributed by atoms with van der Waals surface area (Å²) in [6.07, 6.45) is 5.59. The lowest BCUT2D eigenvalue weighted by atomic mass is 9.91. The van der Waals surface area contributed by atoms with E-state index in [-0.39, 0.29) is 0 Å². The maximum atomic E-state index is 8.91. The van der Waals surface area contributed by atoms with Gasteiger partial charge in [-0.25, -0.2) is 4.98 Å². The molecule has 0 saturated heterocycles. The van der Waals surface area contributed by atoms with E-state index >= 15 is 0 Å². The molecule has 0 N–H and O–H groups in total. The Balaban J connectivity index is 2.06. The van der Waals surface area contributed by atoms with Gasteiger partial charge in [0.15, 0.2) is 0 Å². The van der Waals surface area contributed by atoms with E-state index in [1.807, 2.05) is 12.1 Å². The first-order chi connectivity index (χ1) is 7.31. The molecule has 1 aliphatic carbocycles. The molecule has 78 valence electrons. The molecule has 0 amide bonds. The predicted molar refractivity (Wildman–Crippen MR) is 58.1 cm³/mol. The zero-order valence-corrected chi connectivity index (χ0v) is 8.98. The summed E-state index contributed by atoms with van der Waals surface area (Å²) in [6.45, 7) is 0.835. The summed E-state index contributed by atoms with van der Waals surface area (Å²) < 4.78 is 0. The molecule has 1 aliphatic rings. The third-order valence-electron chi connectivity index (χ3n) is 3.11. The fourth-order valence-corrected chi connectivity index (χ4v) is 1.89. The molecule has 1 aromatic rings. The lowest BCUT2D eigenvalue weighted by Crippen LogP contribution is -2.36. The Labute approximate surface area is 90.4 Å². The zero-order chi connectivity index (χ0) is 10.7. The van der Waals surface area contributed by atoms with Crippen molar-refractivity contribution in [3.63, 3.8) is 0 Å². The normalized spacial score (nSPS) is 16.1. The van der Waals surface area contributed by atoms with Gasteiger partial charge in [0.1, 0.15) is 11.8 Å².